The molecule has 1 saturated heterocycles. The van der Waals surface area contributed by atoms with E-state index < -0.39 is 0 Å². The Morgan fingerprint density at radius 3 is 2.65 bits per heavy atom. The van der Waals surface area contributed by atoms with Crippen LogP contribution < -0.4 is 5.32 Å². The van der Waals surface area contributed by atoms with Crippen LogP contribution in [-0.2, 0) is 0 Å². The number of anilines is 1. The molecule has 0 radical (unpaired) electrons. The molecule has 3 heterocycles. The number of nitrogens with one attached hydrogen (secondary N) is 1. The maximum Gasteiger partial charge on any atom is 0.265 e. The van der Waals surface area contributed by atoms with Gasteiger partial charge >= 0.3 is 0 Å². The van der Waals surface area contributed by atoms with Crippen LogP contribution in [-0.4, -0.2) is 23.3 Å². The Hall–Kier alpha value is -2.44. The Kier molecular flexibility index (Phi) is 4.86. The number of carbonyl (C=O) groups is 2. The molecule has 3 aromatic rings. The molecular formula is C20H18N2O2S2. The predicted molar refractivity (Wildman–Crippen MR) is 106 cm³/mol. The van der Waals surface area contributed by atoms with Crippen molar-refractivity contribution in [3.05, 3.63) is 74.6 Å². The highest BCUT2D eigenvalue weighted by Crippen LogP contribution is 2.35. The lowest BCUT2D eigenvalue weighted by molar-refractivity contribution is 0.0737. The van der Waals surface area contributed by atoms with Crippen LogP contribution in [0.3, 0.4) is 0 Å². The lowest BCUT2D eigenvalue weighted by atomic mass is 10.1. The number of rotatable bonds is 4. The number of hydrogen-bond acceptors (Lipinski definition) is 4. The highest BCUT2D eigenvalue weighted by molar-refractivity contribution is 7.12. The Balaban J connectivity index is 1.52. The van der Waals surface area contributed by atoms with E-state index in [1.165, 1.54) is 16.2 Å². The van der Waals surface area contributed by atoms with Gasteiger partial charge in [0.2, 0.25) is 0 Å². The molecular weight excluding hydrogens is 364 g/mol. The van der Waals surface area contributed by atoms with Crippen molar-refractivity contribution >= 4 is 40.2 Å². The fourth-order valence-electron chi connectivity index (χ4n) is 3.28. The summed E-state index contributed by atoms with van der Waals surface area (Å²) in [6.07, 6.45) is 2.02. The summed E-state index contributed by atoms with van der Waals surface area (Å²) in [5.74, 6) is -0.129. The number of thiophene rings is 2. The van der Waals surface area contributed by atoms with Crippen molar-refractivity contribution in [3.8, 4) is 0 Å². The summed E-state index contributed by atoms with van der Waals surface area (Å²) in [5, 5.41) is 6.79. The number of benzene rings is 1. The minimum absolute atomic E-state index is 0.0214. The van der Waals surface area contributed by atoms with E-state index in [1.54, 1.807) is 23.5 Å². The highest BCUT2D eigenvalue weighted by Gasteiger charge is 2.31. The molecule has 0 saturated carbocycles. The van der Waals surface area contributed by atoms with Crippen molar-refractivity contribution in [2.24, 2.45) is 0 Å². The van der Waals surface area contributed by atoms with Crippen LogP contribution in [0.5, 0.6) is 0 Å². The van der Waals surface area contributed by atoms with E-state index in [0.29, 0.717) is 16.1 Å². The molecule has 0 unspecified atom stereocenters. The smallest absolute Gasteiger partial charge is 0.265 e. The van der Waals surface area contributed by atoms with Crippen LogP contribution in [0.25, 0.3) is 0 Å². The van der Waals surface area contributed by atoms with Crippen molar-refractivity contribution in [2.75, 3.05) is 11.9 Å². The summed E-state index contributed by atoms with van der Waals surface area (Å²) in [4.78, 5) is 29.1. The van der Waals surface area contributed by atoms with Gasteiger partial charge < -0.3 is 10.2 Å². The summed E-state index contributed by atoms with van der Waals surface area (Å²) in [6, 6.07) is 15.1. The highest BCUT2D eigenvalue weighted by atomic mass is 32.1. The van der Waals surface area contributed by atoms with E-state index in [1.807, 2.05) is 40.6 Å². The standard InChI is InChI=1S/C20H18N2O2S2/c23-19(18-9-4-12-26-18)21-15-6-1-5-14(13-15)20(24)22-10-2-7-16(22)17-8-3-11-25-17/h1,3-6,8-9,11-13,16H,2,7,10H2,(H,21,23)/t16-/m1/s1. The fourth-order valence-corrected chi connectivity index (χ4v) is 4.78. The molecule has 0 spiro atoms. The summed E-state index contributed by atoms with van der Waals surface area (Å²) in [5.41, 5.74) is 1.25. The maximum atomic E-state index is 13.0. The molecule has 132 valence electrons. The van der Waals surface area contributed by atoms with E-state index in [9.17, 15) is 9.59 Å². The Labute approximate surface area is 160 Å². The molecule has 1 N–H and O–H groups in total. The number of hydrogen-bond donors (Lipinski definition) is 1. The van der Waals surface area contributed by atoms with Gasteiger partial charge in [0.05, 0.1) is 10.9 Å². The van der Waals surface area contributed by atoms with Gasteiger partial charge in [-0.15, -0.1) is 22.7 Å². The number of likely N-dealkylation sites (tertiary alicyclic amines) is 1. The minimum atomic E-state index is -0.151. The Bertz CT molecular complexity index is 904. The average molecular weight is 383 g/mol. The van der Waals surface area contributed by atoms with Gasteiger partial charge in [-0.1, -0.05) is 18.2 Å². The van der Waals surface area contributed by atoms with Gasteiger partial charge in [0.1, 0.15) is 0 Å². The van der Waals surface area contributed by atoms with Crippen molar-refractivity contribution in [3.63, 3.8) is 0 Å². The lowest BCUT2D eigenvalue weighted by Gasteiger charge is -2.24. The number of amides is 2. The molecule has 1 aliphatic heterocycles. The Morgan fingerprint density at radius 2 is 1.88 bits per heavy atom. The fraction of sp³-hybridized carbons (Fsp3) is 0.200. The third-order valence-corrected chi connectivity index (χ3v) is 6.34. The van der Waals surface area contributed by atoms with Gasteiger partial charge in [0, 0.05) is 22.7 Å². The van der Waals surface area contributed by atoms with Crippen LogP contribution in [0, 0.1) is 0 Å². The summed E-state index contributed by atoms with van der Waals surface area (Å²) >= 11 is 3.09. The van der Waals surface area contributed by atoms with E-state index >= 15 is 0 Å². The largest absolute Gasteiger partial charge is 0.331 e. The topological polar surface area (TPSA) is 49.4 Å². The third kappa shape index (κ3) is 3.43. The molecule has 4 nitrogen and oxygen atoms in total. The molecule has 0 bridgehead atoms. The zero-order chi connectivity index (χ0) is 17.9. The van der Waals surface area contributed by atoms with Gasteiger partial charge in [-0.3, -0.25) is 9.59 Å². The zero-order valence-electron chi connectivity index (χ0n) is 14.1. The summed E-state index contributed by atoms with van der Waals surface area (Å²) in [6.45, 7) is 0.771. The second-order valence-corrected chi connectivity index (χ2v) is 8.11. The van der Waals surface area contributed by atoms with Crippen LogP contribution in [0.4, 0.5) is 5.69 Å². The first kappa shape index (κ1) is 17.0. The quantitative estimate of drug-likeness (QED) is 0.687. The molecule has 6 heteroatoms. The molecule has 1 fully saturated rings. The van der Waals surface area contributed by atoms with E-state index in [-0.39, 0.29) is 17.9 Å². The van der Waals surface area contributed by atoms with Crippen LogP contribution in [0.1, 0.15) is 43.8 Å². The number of carbonyl (C=O) groups excluding carboxylic acids is 2. The molecule has 2 amide bonds. The van der Waals surface area contributed by atoms with Crippen molar-refractivity contribution in [1.29, 1.82) is 0 Å². The first-order valence-corrected chi connectivity index (χ1v) is 10.3. The van der Waals surface area contributed by atoms with Gasteiger partial charge in [-0.05, 0) is 53.9 Å². The minimum Gasteiger partial charge on any atom is -0.331 e. The molecule has 1 aliphatic rings. The maximum absolute atomic E-state index is 13.0. The molecule has 4 rings (SSSR count). The van der Waals surface area contributed by atoms with E-state index in [4.69, 9.17) is 0 Å². The van der Waals surface area contributed by atoms with E-state index in [2.05, 4.69) is 16.8 Å². The van der Waals surface area contributed by atoms with Gasteiger partial charge in [-0.25, -0.2) is 0 Å². The van der Waals surface area contributed by atoms with Crippen LogP contribution in [0.15, 0.2) is 59.3 Å². The van der Waals surface area contributed by atoms with Crippen LogP contribution >= 0.6 is 22.7 Å². The third-order valence-electron chi connectivity index (χ3n) is 4.50. The zero-order valence-corrected chi connectivity index (χ0v) is 15.7. The second-order valence-electron chi connectivity index (χ2n) is 6.18. The van der Waals surface area contributed by atoms with Gasteiger partial charge in [0.15, 0.2) is 0 Å². The molecule has 0 aliphatic carbocycles. The number of nitrogens with zero attached hydrogens (tertiary/aromatic N) is 1. The first-order chi connectivity index (χ1) is 12.7. The van der Waals surface area contributed by atoms with Crippen molar-refractivity contribution in [2.45, 2.75) is 18.9 Å². The summed E-state index contributed by atoms with van der Waals surface area (Å²) < 4.78 is 0. The molecule has 1 aromatic carbocycles. The average Bonchev–Trinajstić information content (AvgIpc) is 3.43. The summed E-state index contributed by atoms with van der Waals surface area (Å²) in [7, 11) is 0. The van der Waals surface area contributed by atoms with Crippen molar-refractivity contribution in [1.82, 2.24) is 4.90 Å². The predicted octanol–water partition coefficient (Wildman–Crippen LogP) is 5.04. The molecule has 1 atom stereocenters. The monoisotopic (exact) mass is 382 g/mol. The normalized spacial score (nSPS) is 16.6. The van der Waals surface area contributed by atoms with Crippen LogP contribution in [0.2, 0.25) is 0 Å². The molecule has 26 heavy (non-hydrogen) atoms. The van der Waals surface area contributed by atoms with Crippen molar-refractivity contribution < 1.29 is 9.59 Å². The SMILES string of the molecule is O=C(Nc1cccc(C(=O)N2CCC[C@@H]2c2cccs2)c1)c1cccs1. The molecule has 2 aromatic heterocycles. The van der Waals surface area contributed by atoms with Gasteiger partial charge in [0.25, 0.3) is 11.8 Å². The van der Waals surface area contributed by atoms with E-state index in [0.717, 1.165) is 19.4 Å². The Morgan fingerprint density at radius 1 is 1.04 bits per heavy atom. The van der Waals surface area contributed by atoms with Gasteiger partial charge in [-0.2, -0.15) is 0 Å². The first-order valence-electron chi connectivity index (χ1n) is 8.51. The second kappa shape index (κ2) is 7.43. The lowest BCUT2D eigenvalue weighted by Crippen LogP contribution is -2.30.